The van der Waals surface area contributed by atoms with Crippen molar-refractivity contribution in [3.05, 3.63) is 22.9 Å². The second-order valence-electron chi connectivity index (χ2n) is 4.72. The molecule has 6 heteroatoms. The first-order valence-corrected chi connectivity index (χ1v) is 6.35. The molecule has 18 heavy (non-hydrogen) atoms. The van der Waals surface area contributed by atoms with Crippen molar-refractivity contribution in [1.82, 2.24) is 19.3 Å². The summed E-state index contributed by atoms with van der Waals surface area (Å²) < 4.78 is 3.30. The summed E-state index contributed by atoms with van der Waals surface area (Å²) in [5, 5.41) is 13.6. The van der Waals surface area contributed by atoms with Crippen LogP contribution in [0.1, 0.15) is 31.7 Å². The Hall–Kier alpha value is -1.69. The van der Waals surface area contributed by atoms with Gasteiger partial charge in [-0.25, -0.2) is 9.67 Å². The van der Waals surface area contributed by atoms with Gasteiger partial charge in [-0.15, -0.1) is 0 Å². The van der Waals surface area contributed by atoms with Crippen molar-refractivity contribution in [3.63, 3.8) is 0 Å². The van der Waals surface area contributed by atoms with Crippen LogP contribution in [-0.2, 0) is 6.54 Å². The Bertz CT molecular complexity index is 610. The molecule has 0 aliphatic heterocycles. The predicted molar refractivity (Wildman–Crippen MR) is 66.4 cm³/mol. The smallest absolute Gasteiger partial charge is 0.264 e. The lowest BCUT2D eigenvalue weighted by molar-refractivity contribution is 0.271. The van der Waals surface area contributed by atoms with Gasteiger partial charge in [-0.05, 0) is 12.8 Å². The maximum Gasteiger partial charge on any atom is 0.264 e. The molecule has 1 aliphatic carbocycles. The zero-order valence-electron chi connectivity index (χ0n) is 10.1. The third-order valence-electron chi connectivity index (χ3n) is 3.61. The molecule has 0 atom stereocenters. The van der Waals surface area contributed by atoms with Gasteiger partial charge >= 0.3 is 0 Å². The van der Waals surface area contributed by atoms with Crippen LogP contribution in [0.15, 0.2) is 17.3 Å². The number of aliphatic hydroxyl groups excluding tert-OH is 1. The highest BCUT2D eigenvalue weighted by Gasteiger charge is 2.19. The number of hydrogen-bond donors (Lipinski definition) is 1. The summed E-state index contributed by atoms with van der Waals surface area (Å²) in [5.41, 5.74) is 0.541. The van der Waals surface area contributed by atoms with Crippen LogP contribution in [0, 0.1) is 0 Å². The van der Waals surface area contributed by atoms with Crippen LogP contribution in [0.3, 0.4) is 0 Å². The van der Waals surface area contributed by atoms with Gasteiger partial charge in [-0.3, -0.25) is 9.36 Å². The predicted octanol–water partition coefficient (Wildman–Crippen LogP) is 0.700. The molecule has 3 rings (SSSR count). The molecule has 0 amide bonds. The van der Waals surface area contributed by atoms with E-state index in [4.69, 9.17) is 5.11 Å². The van der Waals surface area contributed by atoms with Crippen molar-refractivity contribution in [3.8, 4) is 0 Å². The molecule has 6 nitrogen and oxygen atoms in total. The Balaban J connectivity index is 2.09. The van der Waals surface area contributed by atoms with Crippen molar-refractivity contribution in [2.45, 2.75) is 38.3 Å². The first-order chi connectivity index (χ1) is 8.81. The molecular formula is C12H16N4O2. The van der Waals surface area contributed by atoms with Gasteiger partial charge in [0, 0.05) is 6.04 Å². The zero-order valence-corrected chi connectivity index (χ0v) is 10.1. The minimum absolute atomic E-state index is 0.00975. The second-order valence-corrected chi connectivity index (χ2v) is 4.72. The molecule has 0 spiro atoms. The van der Waals surface area contributed by atoms with Gasteiger partial charge in [0.25, 0.3) is 5.56 Å². The highest BCUT2D eigenvalue weighted by atomic mass is 16.3. The first kappa shape index (κ1) is 11.4. The first-order valence-electron chi connectivity index (χ1n) is 6.35. The third-order valence-corrected chi connectivity index (χ3v) is 3.61. The Morgan fingerprint density at radius 2 is 2.17 bits per heavy atom. The van der Waals surface area contributed by atoms with E-state index in [1.165, 1.54) is 12.8 Å². The minimum atomic E-state index is -0.0175. The fourth-order valence-corrected chi connectivity index (χ4v) is 2.68. The molecular weight excluding hydrogens is 232 g/mol. The average Bonchev–Trinajstić information content (AvgIpc) is 3.00. The number of rotatable bonds is 3. The molecule has 2 aromatic rings. The van der Waals surface area contributed by atoms with Crippen molar-refractivity contribution < 1.29 is 5.11 Å². The summed E-state index contributed by atoms with van der Waals surface area (Å²) in [7, 11) is 0. The summed E-state index contributed by atoms with van der Waals surface area (Å²) in [6, 6.07) is 0.288. The molecule has 2 aromatic heterocycles. The van der Waals surface area contributed by atoms with Crippen LogP contribution in [0.25, 0.3) is 11.0 Å². The van der Waals surface area contributed by atoms with E-state index in [9.17, 15) is 4.79 Å². The zero-order chi connectivity index (χ0) is 12.5. The van der Waals surface area contributed by atoms with Crippen LogP contribution in [0.5, 0.6) is 0 Å². The topological polar surface area (TPSA) is 72.9 Å². The number of hydrogen-bond acceptors (Lipinski definition) is 4. The largest absolute Gasteiger partial charge is 0.394 e. The Morgan fingerprint density at radius 3 is 2.89 bits per heavy atom. The molecule has 1 aliphatic rings. The van der Waals surface area contributed by atoms with Crippen molar-refractivity contribution in [1.29, 1.82) is 0 Å². The molecule has 0 unspecified atom stereocenters. The summed E-state index contributed by atoms with van der Waals surface area (Å²) in [6.45, 7) is 0.355. The Morgan fingerprint density at radius 1 is 1.39 bits per heavy atom. The van der Waals surface area contributed by atoms with Gasteiger partial charge in [-0.1, -0.05) is 12.8 Å². The van der Waals surface area contributed by atoms with E-state index in [1.54, 1.807) is 21.8 Å². The van der Waals surface area contributed by atoms with Gasteiger partial charge in [0.15, 0.2) is 5.65 Å². The molecule has 0 radical (unpaired) electrons. The van der Waals surface area contributed by atoms with E-state index in [2.05, 4.69) is 10.1 Å². The summed E-state index contributed by atoms with van der Waals surface area (Å²) in [4.78, 5) is 16.7. The van der Waals surface area contributed by atoms with E-state index in [-0.39, 0.29) is 18.2 Å². The number of fused-ring (bicyclic) bond motifs is 1. The normalized spacial score (nSPS) is 16.7. The molecule has 2 heterocycles. The fraction of sp³-hybridized carbons (Fsp3) is 0.583. The monoisotopic (exact) mass is 248 g/mol. The van der Waals surface area contributed by atoms with Crippen LogP contribution < -0.4 is 5.56 Å². The van der Waals surface area contributed by atoms with Crippen LogP contribution in [-0.4, -0.2) is 31.0 Å². The van der Waals surface area contributed by atoms with Gasteiger partial charge in [-0.2, -0.15) is 5.10 Å². The quantitative estimate of drug-likeness (QED) is 0.867. The van der Waals surface area contributed by atoms with Crippen molar-refractivity contribution in [2.75, 3.05) is 6.61 Å². The molecule has 96 valence electrons. The van der Waals surface area contributed by atoms with Gasteiger partial charge in [0.05, 0.1) is 19.3 Å². The minimum Gasteiger partial charge on any atom is -0.394 e. The number of aliphatic hydroxyl groups is 1. The van der Waals surface area contributed by atoms with E-state index in [1.807, 2.05) is 0 Å². The fourth-order valence-electron chi connectivity index (χ4n) is 2.68. The van der Waals surface area contributed by atoms with Crippen LogP contribution in [0.4, 0.5) is 0 Å². The van der Waals surface area contributed by atoms with Crippen LogP contribution in [0.2, 0.25) is 0 Å². The number of nitrogens with zero attached hydrogens (tertiary/aromatic N) is 4. The molecule has 0 bridgehead atoms. The standard InChI is InChI=1S/C12H16N4O2/c17-6-5-16-11-10(7-14-16)12(18)15(8-13-11)9-3-1-2-4-9/h7-9,17H,1-6H2. The Labute approximate surface area is 104 Å². The second kappa shape index (κ2) is 4.53. The van der Waals surface area contributed by atoms with Gasteiger partial charge in [0.1, 0.15) is 11.7 Å². The molecule has 0 saturated heterocycles. The summed E-state index contributed by atoms with van der Waals surface area (Å²) >= 11 is 0. The highest BCUT2D eigenvalue weighted by molar-refractivity contribution is 5.72. The molecule has 0 aromatic carbocycles. The summed E-state index contributed by atoms with van der Waals surface area (Å²) in [5.74, 6) is 0. The molecule has 1 N–H and O–H groups in total. The van der Waals surface area contributed by atoms with E-state index in [0.717, 1.165) is 12.8 Å². The SMILES string of the molecule is O=c1c2cnn(CCO)c2ncn1C1CCCC1. The third kappa shape index (κ3) is 1.73. The average molecular weight is 248 g/mol. The van der Waals surface area contributed by atoms with Gasteiger partial charge < -0.3 is 5.11 Å². The molecule has 1 fully saturated rings. The maximum absolute atomic E-state index is 12.3. The summed E-state index contributed by atoms with van der Waals surface area (Å²) in [6.07, 6.45) is 7.63. The van der Waals surface area contributed by atoms with Crippen molar-refractivity contribution in [2.24, 2.45) is 0 Å². The lowest BCUT2D eigenvalue weighted by Crippen LogP contribution is -2.23. The lowest BCUT2D eigenvalue weighted by Gasteiger charge is -2.12. The van der Waals surface area contributed by atoms with Gasteiger partial charge in [0.2, 0.25) is 0 Å². The molecule has 1 saturated carbocycles. The highest BCUT2D eigenvalue weighted by Crippen LogP contribution is 2.28. The van der Waals surface area contributed by atoms with E-state index < -0.39 is 0 Å². The van der Waals surface area contributed by atoms with Crippen LogP contribution >= 0.6 is 0 Å². The van der Waals surface area contributed by atoms with Crippen molar-refractivity contribution >= 4 is 11.0 Å². The maximum atomic E-state index is 12.3. The lowest BCUT2D eigenvalue weighted by atomic mass is 10.2. The van der Waals surface area contributed by atoms with E-state index in [0.29, 0.717) is 17.6 Å². The Kier molecular flexibility index (Phi) is 2.87. The number of aromatic nitrogens is 4. The van der Waals surface area contributed by atoms with E-state index >= 15 is 0 Å².